The molecule has 0 spiro atoms. The lowest BCUT2D eigenvalue weighted by molar-refractivity contribution is -0.0526. The summed E-state index contributed by atoms with van der Waals surface area (Å²) < 4.78 is 42.8. The van der Waals surface area contributed by atoms with Gasteiger partial charge in [-0.25, -0.2) is 4.39 Å². The van der Waals surface area contributed by atoms with Gasteiger partial charge in [-0.05, 0) is 0 Å². The van der Waals surface area contributed by atoms with Crippen LogP contribution in [0.25, 0.3) is 0 Å². The van der Waals surface area contributed by atoms with E-state index in [4.69, 9.17) is 24.1 Å². The van der Waals surface area contributed by atoms with Crippen LogP contribution in [0.2, 0.25) is 0 Å². The molecule has 3 nitrogen and oxygen atoms in total. The number of ether oxygens (including phenoxy) is 1. The molecule has 4 atom stereocenters. The van der Waals surface area contributed by atoms with Crippen molar-refractivity contribution >= 4 is 7.85 Å². The van der Waals surface area contributed by atoms with E-state index in [-0.39, 0.29) is 6.08 Å². The number of alkyl halides is 1. The predicted molar refractivity (Wildman–Crippen MR) is 52.9 cm³/mol. The van der Waals surface area contributed by atoms with Gasteiger partial charge in [0.2, 0.25) is 0 Å². The van der Waals surface area contributed by atoms with Crippen molar-refractivity contribution in [3.63, 3.8) is 0 Å². The van der Waals surface area contributed by atoms with Crippen molar-refractivity contribution in [2.75, 3.05) is 6.61 Å². The maximum absolute atomic E-state index is 14.3. The Labute approximate surface area is 97.0 Å². The van der Waals surface area contributed by atoms with Gasteiger partial charge in [-0.3, -0.25) is 0 Å². The van der Waals surface area contributed by atoms with Crippen LogP contribution in [-0.4, -0.2) is 48.0 Å². The zero-order chi connectivity index (χ0) is 13.3. The highest BCUT2D eigenvalue weighted by molar-refractivity contribution is 6.12. The van der Waals surface area contributed by atoms with Crippen molar-refractivity contribution in [2.24, 2.45) is 0 Å². The fourth-order valence-corrected chi connectivity index (χ4v) is 1.57. The molecule has 0 aromatic carbocycles. The van der Waals surface area contributed by atoms with Gasteiger partial charge in [-0.2, -0.15) is 8.78 Å². The molecule has 0 aromatic rings. The van der Waals surface area contributed by atoms with Gasteiger partial charge in [0, 0.05) is 6.08 Å². The topological polar surface area (TPSA) is 49.7 Å². The smallest absolute Gasteiger partial charge is 0.312 e. The first-order chi connectivity index (χ1) is 7.81. The zero-order valence-corrected chi connectivity index (χ0v) is 8.53. The van der Waals surface area contributed by atoms with Crippen LogP contribution in [0.5, 0.6) is 0 Å². The third-order valence-electron chi connectivity index (χ3n) is 2.55. The first-order valence-electron chi connectivity index (χ1n) is 4.51. The monoisotopic (exact) mass is 244 g/mol. The Morgan fingerprint density at radius 3 is 2.59 bits per heavy atom. The SMILES string of the molecule is [B][C@@H]1O[C@H](CO)[C@@](O)(C#C)C1(F)C=C=C(F)F. The predicted octanol–water partition coefficient (Wildman–Crippen LogP) is -0.120. The van der Waals surface area contributed by atoms with Crippen LogP contribution in [0.4, 0.5) is 13.2 Å². The van der Waals surface area contributed by atoms with Crippen LogP contribution >= 0.6 is 0 Å². The molecule has 0 aliphatic carbocycles. The Bertz CT molecular complexity index is 412. The molecule has 1 heterocycles. The fourth-order valence-electron chi connectivity index (χ4n) is 1.57. The summed E-state index contributed by atoms with van der Waals surface area (Å²) in [6, 6.07) is -1.78. The molecule has 1 aliphatic rings. The minimum atomic E-state index is -2.96. The van der Waals surface area contributed by atoms with Crippen LogP contribution < -0.4 is 0 Å². The van der Waals surface area contributed by atoms with Crippen LogP contribution in [-0.2, 0) is 4.74 Å². The molecule has 1 unspecified atom stereocenters. The molecule has 2 N–H and O–H groups in total. The van der Waals surface area contributed by atoms with E-state index in [9.17, 15) is 18.3 Å². The average Bonchev–Trinajstić information content (AvgIpc) is 2.48. The normalized spacial score (nSPS) is 40.5. The Balaban J connectivity index is 3.30. The number of rotatable bonds is 2. The van der Waals surface area contributed by atoms with Gasteiger partial charge in [0.25, 0.3) is 0 Å². The number of hydrogen-bond acceptors (Lipinski definition) is 3. The Hall–Kier alpha value is -1.19. The van der Waals surface area contributed by atoms with E-state index >= 15 is 0 Å². The van der Waals surface area contributed by atoms with Gasteiger partial charge < -0.3 is 14.9 Å². The summed E-state index contributed by atoms with van der Waals surface area (Å²) in [5.74, 6) is 1.68. The standard InChI is InChI=1S/C10H8BF3O3/c1-2-10(16)6(5-15)17-8(11)9(10,14)4-3-7(12)13/h1,4,6,8,15-16H,5H2/t6-,8-,9?,10+/m1/s1. The van der Waals surface area contributed by atoms with Gasteiger partial charge >= 0.3 is 6.08 Å². The third kappa shape index (κ3) is 2.01. The van der Waals surface area contributed by atoms with Gasteiger partial charge in [-0.15, -0.1) is 6.42 Å². The van der Waals surface area contributed by atoms with E-state index in [0.717, 1.165) is 0 Å². The number of aliphatic hydroxyl groups excluding tert-OH is 1. The van der Waals surface area contributed by atoms with Gasteiger partial charge in [-0.1, -0.05) is 11.7 Å². The minimum Gasteiger partial charge on any atom is -0.394 e. The molecule has 1 saturated heterocycles. The lowest BCUT2D eigenvalue weighted by Gasteiger charge is -2.31. The third-order valence-corrected chi connectivity index (χ3v) is 2.55. The van der Waals surface area contributed by atoms with Crippen LogP contribution in [0, 0.1) is 12.3 Å². The van der Waals surface area contributed by atoms with Crippen molar-refractivity contribution in [1.82, 2.24) is 0 Å². The second kappa shape index (κ2) is 4.59. The zero-order valence-electron chi connectivity index (χ0n) is 8.53. The molecule has 1 aliphatic heterocycles. The van der Waals surface area contributed by atoms with Crippen LogP contribution in [0.15, 0.2) is 17.9 Å². The molecule has 0 saturated carbocycles. The quantitative estimate of drug-likeness (QED) is 0.404. The summed E-state index contributed by atoms with van der Waals surface area (Å²) in [6.45, 7) is -0.810. The molecule has 0 bridgehead atoms. The van der Waals surface area contributed by atoms with Gasteiger partial charge in [0.15, 0.2) is 11.3 Å². The molecule has 1 rings (SSSR count). The van der Waals surface area contributed by atoms with Crippen LogP contribution in [0.1, 0.15) is 0 Å². The summed E-state index contributed by atoms with van der Waals surface area (Å²) in [7, 11) is 5.23. The van der Waals surface area contributed by atoms with E-state index in [1.54, 1.807) is 5.92 Å². The number of terminal acetylenes is 1. The first-order valence-corrected chi connectivity index (χ1v) is 4.51. The van der Waals surface area contributed by atoms with E-state index < -0.39 is 36.1 Å². The molecule has 2 radical (unpaired) electrons. The summed E-state index contributed by atoms with van der Waals surface area (Å²) in [4.78, 5) is 0. The Morgan fingerprint density at radius 2 is 2.18 bits per heavy atom. The highest BCUT2D eigenvalue weighted by atomic mass is 19.3. The molecular weight excluding hydrogens is 236 g/mol. The van der Waals surface area contributed by atoms with E-state index in [1.807, 2.05) is 0 Å². The van der Waals surface area contributed by atoms with Crippen molar-refractivity contribution in [2.45, 2.75) is 23.4 Å². The molecule has 1 fully saturated rings. The van der Waals surface area contributed by atoms with Crippen molar-refractivity contribution in [1.29, 1.82) is 0 Å². The largest absolute Gasteiger partial charge is 0.394 e. The second-order valence-electron chi connectivity index (χ2n) is 3.46. The fraction of sp³-hybridized carbons (Fsp3) is 0.500. The molecule has 0 amide bonds. The van der Waals surface area contributed by atoms with Crippen LogP contribution in [0.3, 0.4) is 0 Å². The maximum Gasteiger partial charge on any atom is 0.312 e. The van der Waals surface area contributed by atoms with Crippen molar-refractivity contribution in [3.8, 4) is 12.3 Å². The first kappa shape index (κ1) is 13.9. The van der Waals surface area contributed by atoms with E-state index in [1.165, 1.54) is 5.73 Å². The number of hydrogen-bond donors (Lipinski definition) is 2. The maximum atomic E-state index is 14.3. The lowest BCUT2D eigenvalue weighted by Crippen LogP contribution is -2.55. The highest BCUT2D eigenvalue weighted by Gasteiger charge is 2.64. The molecule has 17 heavy (non-hydrogen) atoms. The van der Waals surface area contributed by atoms with Crippen molar-refractivity contribution in [3.05, 3.63) is 17.9 Å². The van der Waals surface area contributed by atoms with E-state index in [0.29, 0.717) is 0 Å². The molecular formula is C10H8BF3O3. The minimum absolute atomic E-state index is 0.211. The summed E-state index contributed by atoms with van der Waals surface area (Å²) in [5.41, 5.74) is -4.32. The lowest BCUT2D eigenvalue weighted by atomic mass is 9.74. The number of halogens is 3. The van der Waals surface area contributed by atoms with Crippen molar-refractivity contribution < 1.29 is 28.1 Å². The van der Waals surface area contributed by atoms with Gasteiger partial charge in [0.1, 0.15) is 14.0 Å². The van der Waals surface area contributed by atoms with Gasteiger partial charge in [0.05, 0.1) is 12.6 Å². The van der Waals surface area contributed by atoms with E-state index in [2.05, 4.69) is 0 Å². The highest BCUT2D eigenvalue weighted by Crippen LogP contribution is 2.42. The number of aliphatic hydroxyl groups is 2. The molecule has 7 heteroatoms. The summed E-state index contributed by atoms with van der Waals surface area (Å²) in [6.07, 6.45) is 1.35. The molecule has 0 aromatic heterocycles. The average molecular weight is 244 g/mol. The summed E-state index contributed by atoms with van der Waals surface area (Å²) >= 11 is 0. The second-order valence-corrected chi connectivity index (χ2v) is 3.46. The Kier molecular flexibility index (Phi) is 3.75. The molecule has 90 valence electrons. The Morgan fingerprint density at radius 1 is 1.59 bits per heavy atom. The summed E-state index contributed by atoms with van der Waals surface area (Å²) in [5, 5.41) is 18.7.